The third kappa shape index (κ3) is 3.12. The fourth-order valence-corrected chi connectivity index (χ4v) is 1.77. The second-order valence-electron chi connectivity index (χ2n) is 4.48. The number of nitrogens with zero attached hydrogens (tertiary/aromatic N) is 2. The van der Waals surface area contributed by atoms with Crippen molar-refractivity contribution < 1.29 is 14.3 Å². The predicted molar refractivity (Wildman–Crippen MR) is 74.2 cm³/mol. The molecule has 0 unspecified atom stereocenters. The Morgan fingerprint density at radius 1 is 1.20 bits per heavy atom. The van der Waals surface area contributed by atoms with E-state index in [1.54, 1.807) is 24.5 Å². The summed E-state index contributed by atoms with van der Waals surface area (Å²) in [5.74, 6) is 0.831. The first-order chi connectivity index (χ1) is 9.61. The molecule has 0 N–H and O–H groups in total. The van der Waals surface area contributed by atoms with Crippen molar-refractivity contribution in [1.82, 2.24) is 9.97 Å². The summed E-state index contributed by atoms with van der Waals surface area (Å²) in [5.41, 5.74) is 0.902. The van der Waals surface area contributed by atoms with E-state index in [4.69, 9.17) is 9.47 Å². The smallest absolute Gasteiger partial charge is 0.198 e. The molecule has 0 saturated heterocycles. The predicted octanol–water partition coefficient (Wildman–Crippen LogP) is 2.50. The molecule has 2 aromatic heterocycles. The van der Waals surface area contributed by atoms with Gasteiger partial charge in [-0.1, -0.05) is 0 Å². The Morgan fingerprint density at radius 2 is 2.00 bits per heavy atom. The maximum Gasteiger partial charge on any atom is 0.198 e. The number of pyridine rings is 2. The van der Waals surface area contributed by atoms with Crippen LogP contribution in [0.5, 0.6) is 11.5 Å². The van der Waals surface area contributed by atoms with Gasteiger partial charge in [-0.05, 0) is 26.0 Å². The van der Waals surface area contributed by atoms with Crippen LogP contribution in [0.1, 0.15) is 29.8 Å². The van der Waals surface area contributed by atoms with Gasteiger partial charge in [-0.15, -0.1) is 0 Å². The fourth-order valence-electron chi connectivity index (χ4n) is 1.77. The van der Waals surface area contributed by atoms with Gasteiger partial charge in [0.15, 0.2) is 5.78 Å². The molecule has 0 aromatic carbocycles. The highest BCUT2D eigenvalue weighted by atomic mass is 16.5. The maximum absolute atomic E-state index is 12.5. The summed E-state index contributed by atoms with van der Waals surface area (Å²) >= 11 is 0. The Labute approximate surface area is 117 Å². The molecule has 0 aliphatic rings. The molecule has 5 heteroatoms. The molecule has 0 aliphatic heterocycles. The molecule has 0 spiro atoms. The van der Waals surface area contributed by atoms with Crippen molar-refractivity contribution in [2.75, 3.05) is 7.11 Å². The van der Waals surface area contributed by atoms with Gasteiger partial charge in [0.05, 0.1) is 31.2 Å². The summed E-state index contributed by atoms with van der Waals surface area (Å²) in [6, 6.07) is 3.30. The van der Waals surface area contributed by atoms with Crippen LogP contribution in [0.25, 0.3) is 0 Å². The summed E-state index contributed by atoms with van der Waals surface area (Å²) in [4.78, 5) is 20.4. The van der Waals surface area contributed by atoms with Gasteiger partial charge < -0.3 is 9.47 Å². The maximum atomic E-state index is 12.5. The Kier molecular flexibility index (Phi) is 4.30. The van der Waals surface area contributed by atoms with Gasteiger partial charge in [0.25, 0.3) is 0 Å². The van der Waals surface area contributed by atoms with E-state index in [2.05, 4.69) is 9.97 Å². The average molecular weight is 272 g/mol. The minimum Gasteiger partial charge on any atom is -0.494 e. The van der Waals surface area contributed by atoms with Gasteiger partial charge in [-0.3, -0.25) is 14.8 Å². The first kappa shape index (κ1) is 14.0. The van der Waals surface area contributed by atoms with Crippen molar-refractivity contribution in [3.8, 4) is 11.5 Å². The van der Waals surface area contributed by atoms with Crippen LogP contribution in [0.4, 0.5) is 0 Å². The zero-order valence-electron chi connectivity index (χ0n) is 11.7. The van der Waals surface area contributed by atoms with Gasteiger partial charge in [0.1, 0.15) is 11.5 Å². The summed E-state index contributed by atoms with van der Waals surface area (Å²) in [5, 5.41) is 0. The number of ether oxygens (including phenoxy) is 2. The van der Waals surface area contributed by atoms with E-state index in [0.717, 1.165) is 0 Å². The van der Waals surface area contributed by atoms with E-state index in [-0.39, 0.29) is 11.9 Å². The number of carbonyl (C=O) groups is 1. The van der Waals surface area contributed by atoms with E-state index in [1.807, 2.05) is 13.8 Å². The van der Waals surface area contributed by atoms with Crippen molar-refractivity contribution in [3.05, 3.63) is 48.0 Å². The quantitative estimate of drug-likeness (QED) is 0.783. The zero-order chi connectivity index (χ0) is 14.5. The van der Waals surface area contributed by atoms with Crippen molar-refractivity contribution in [2.24, 2.45) is 0 Å². The first-order valence-electron chi connectivity index (χ1n) is 6.26. The molecule has 104 valence electrons. The topological polar surface area (TPSA) is 61.3 Å². The third-order valence-electron chi connectivity index (χ3n) is 2.60. The van der Waals surface area contributed by atoms with Crippen molar-refractivity contribution in [1.29, 1.82) is 0 Å². The normalized spacial score (nSPS) is 10.4. The summed E-state index contributed by atoms with van der Waals surface area (Å²) in [6.45, 7) is 3.83. The van der Waals surface area contributed by atoms with Crippen LogP contribution in [0.2, 0.25) is 0 Å². The molecule has 2 rings (SSSR count). The number of rotatable bonds is 5. The summed E-state index contributed by atoms with van der Waals surface area (Å²) in [7, 11) is 1.50. The van der Waals surface area contributed by atoms with Gasteiger partial charge in [0.2, 0.25) is 0 Å². The van der Waals surface area contributed by atoms with Crippen LogP contribution >= 0.6 is 0 Å². The van der Waals surface area contributed by atoms with Crippen molar-refractivity contribution in [2.45, 2.75) is 20.0 Å². The number of ketones is 1. The number of hydrogen-bond donors (Lipinski definition) is 0. The van der Waals surface area contributed by atoms with Crippen LogP contribution in [-0.2, 0) is 0 Å². The largest absolute Gasteiger partial charge is 0.494 e. The Bertz CT molecular complexity index is 612. The number of methoxy groups -OCH3 is 1. The second-order valence-corrected chi connectivity index (χ2v) is 4.48. The highest BCUT2D eigenvalue weighted by Gasteiger charge is 2.15. The molecule has 0 amide bonds. The highest BCUT2D eigenvalue weighted by molar-refractivity contribution is 6.10. The lowest BCUT2D eigenvalue weighted by Crippen LogP contribution is -2.08. The Morgan fingerprint density at radius 3 is 2.70 bits per heavy atom. The number of aromatic nitrogens is 2. The standard InChI is InChI=1S/C15H16N2O3/c1-10(2)20-12-6-11(7-17-8-12)15(18)13-4-5-16-9-14(13)19-3/h4-10H,1-3H3. The van der Waals surface area contributed by atoms with Crippen molar-refractivity contribution in [3.63, 3.8) is 0 Å². The van der Waals surface area contributed by atoms with Crippen LogP contribution in [0.3, 0.4) is 0 Å². The molecule has 5 nitrogen and oxygen atoms in total. The van der Waals surface area contributed by atoms with Crippen LogP contribution < -0.4 is 9.47 Å². The van der Waals surface area contributed by atoms with Crippen LogP contribution in [0.15, 0.2) is 36.9 Å². The second kappa shape index (κ2) is 6.14. The summed E-state index contributed by atoms with van der Waals surface area (Å²) in [6.07, 6.45) is 6.18. The minimum absolute atomic E-state index is 0.0256. The lowest BCUT2D eigenvalue weighted by molar-refractivity contribution is 0.103. The molecule has 0 atom stereocenters. The molecular formula is C15H16N2O3. The van der Waals surface area contributed by atoms with Gasteiger partial charge in [-0.25, -0.2) is 0 Å². The van der Waals surface area contributed by atoms with Gasteiger partial charge in [-0.2, -0.15) is 0 Å². The molecule has 2 heterocycles. The lowest BCUT2D eigenvalue weighted by atomic mass is 10.1. The van der Waals surface area contributed by atoms with Crippen LogP contribution in [0, 0.1) is 0 Å². The lowest BCUT2D eigenvalue weighted by Gasteiger charge is -2.10. The fraction of sp³-hybridized carbons (Fsp3) is 0.267. The molecule has 0 saturated carbocycles. The minimum atomic E-state index is -0.175. The van der Waals surface area contributed by atoms with Crippen molar-refractivity contribution >= 4 is 5.78 Å². The zero-order valence-corrected chi connectivity index (χ0v) is 11.7. The van der Waals surface area contributed by atoms with E-state index in [1.165, 1.54) is 19.5 Å². The number of hydrogen-bond acceptors (Lipinski definition) is 5. The highest BCUT2D eigenvalue weighted by Crippen LogP contribution is 2.21. The summed E-state index contributed by atoms with van der Waals surface area (Å²) < 4.78 is 10.7. The van der Waals surface area contributed by atoms with E-state index >= 15 is 0 Å². The molecule has 2 aromatic rings. The van der Waals surface area contributed by atoms with Crippen LogP contribution in [-0.4, -0.2) is 29.0 Å². The first-order valence-corrected chi connectivity index (χ1v) is 6.26. The SMILES string of the molecule is COc1cnccc1C(=O)c1cncc(OC(C)C)c1. The molecule has 0 bridgehead atoms. The van der Waals surface area contributed by atoms with Gasteiger partial charge >= 0.3 is 0 Å². The van der Waals surface area contributed by atoms with E-state index in [0.29, 0.717) is 22.6 Å². The van der Waals surface area contributed by atoms with E-state index < -0.39 is 0 Å². The molecule has 0 aliphatic carbocycles. The third-order valence-corrected chi connectivity index (χ3v) is 2.60. The molecule has 0 fully saturated rings. The molecule has 0 radical (unpaired) electrons. The monoisotopic (exact) mass is 272 g/mol. The number of carbonyl (C=O) groups excluding carboxylic acids is 1. The Balaban J connectivity index is 2.33. The molecule has 20 heavy (non-hydrogen) atoms. The molecular weight excluding hydrogens is 256 g/mol. The van der Waals surface area contributed by atoms with E-state index in [9.17, 15) is 4.79 Å². The van der Waals surface area contributed by atoms with Gasteiger partial charge in [0, 0.05) is 18.0 Å². The Hall–Kier alpha value is -2.43. The average Bonchev–Trinajstić information content (AvgIpc) is 2.46.